The largest absolute Gasteiger partial charge is 0.469 e. The van der Waals surface area contributed by atoms with Gasteiger partial charge in [0.05, 0.1) is 60.8 Å². The maximum atomic E-state index is 5.09. The molecule has 0 bridgehead atoms. The van der Waals surface area contributed by atoms with Gasteiger partial charge in [0, 0.05) is 143 Å². The summed E-state index contributed by atoms with van der Waals surface area (Å²) < 4.78 is 26.9. The van der Waals surface area contributed by atoms with Gasteiger partial charge in [-0.3, -0.25) is 29.6 Å². The lowest BCUT2D eigenvalue weighted by molar-refractivity contribution is 0.471. The minimum Gasteiger partial charge on any atom is -0.469 e. The molecule has 0 atom stereocenters. The van der Waals surface area contributed by atoms with Gasteiger partial charge in [-0.15, -0.1) is 22.7 Å². The topological polar surface area (TPSA) is 251 Å². The number of aromatic amines is 1. The number of nitrogens with one attached hydrogen (secondary N) is 1. The third kappa shape index (κ3) is 50.8. The lowest BCUT2D eigenvalue weighted by Crippen LogP contribution is -2.02. The quantitative estimate of drug-likeness (QED) is 0.106. The summed E-state index contributed by atoms with van der Waals surface area (Å²) in [6.45, 7) is 62.0. The molecular weight excluding hydrogens is 1460 g/mol. The van der Waals surface area contributed by atoms with E-state index in [-0.39, 0.29) is 14.9 Å². The van der Waals surface area contributed by atoms with Crippen LogP contribution in [0.2, 0.25) is 0 Å². The van der Waals surface area contributed by atoms with Crippen LogP contribution >= 0.6 is 22.7 Å². The van der Waals surface area contributed by atoms with Crippen molar-refractivity contribution in [1.29, 1.82) is 0 Å². The highest BCUT2D eigenvalue weighted by Crippen LogP contribution is 2.20. The molecule has 0 aliphatic carbocycles. The molecule has 0 saturated carbocycles. The molecule has 5 aliphatic heterocycles. The lowest BCUT2D eigenvalue weighted by atomic mass is 10.1. The molecule has 9 aromatic heterocycles. The van der Waals surface area contributed by atoms with Crippen LogP contribution in [0.3, 0.4) is 0 Å². The number of thiazole rings is 2. The van der Waals surface area contributed by atoms with Crippen molar-refractivity contribution in [2.45, 2.75) is 275 Å². The number of allylic oxidation sites excluding steroid dienone is 6. The molecule has 0 spiro atoms. The number of furan rings is 2. The Morgan fingerprint density at radius 1 is 0.439 bits per heavy atom. The van der Waals surface area contributed by atoms with Crippen LogP contribution in [0.15, 0.2) is 229 Å². The zero-order chi connectivity index (χ0) is 83.8. The summed E-state index contributed by atoms with van der Waals surface area (Å²) in [7, 11) is 0. The van der Waals surface area contributed by atoms with E-state index in [0.29, 0.717) is 83.0 Å². The van der Waals surface area contributed by atoms with E-state index < -0.39 is 0 Å². The van der Waals surface area contributed by atoms with E-state index in [1.165, 1.54) is 38.4 Å². The van der Waals surface area contributed by atoms with E-state index in [2.05, 4.69) is 265 Å². The average Bonchev–Trinajstić information content (AvgIpc) is 2.49. The third-order valence-electron chi connectivity index (χ3n) is 15.4. The van der Waals surface area contributed by atoms with Crippen LogP contribution in [0.5, 0.6) is 0 Å². The molecule has 9 aromatic rings. The van der Waals surface area contributed by atoms with Gasteiger partial charge in [-0.05, 0) is 85.4 Å². The van der Waals surface area contributed by atoms with E-state index in [4.69, 9.17) is 22.1 Å². The van der Waals surface area contributed by atoms with E-state index in [1.54, 1.807) is 96.1 Å². The summed E-state index contributed by atoms with van der Waals surface area (Å²) in [5, 5.41) is 10.4. The molecule has 0 unspecified atom stereocenters. The number of nitrogens with zero attached hydrogens (tertiary/aromatic N) is 14. The smallest absolute Gasteiger partial charge is 0.196 e. The Labute approximate surface area is 696 Å². The van der Waals surface area contributed by atoms with Gasteiger partial charge in [-0.2, -0.15) is 5.10 Å². The molecule has 0 radical (unpaired) electrons. The first kappa shape index (κ1) is 107. The Morgan fingerprint density at radius 3 is 1.07 bits per heavy atom. The predicted octanol–water partition coefficient (Wildman–Crippen LogP) is 27.4. The van der Waals surface area contributed by atoms with Gasteiger partial charge in [0.15, 0.2) is 17.7 Å². The number of rotatable bonds is 14. The molecular formula is C92H147N15O5S2. The molecule has 0 fully saturated rings. The van der Waals surface area contributed by atoms with Crippen LogP contribution in [0.25, 0.3) is 0 Å². The van der Waals surface area contributed by atoms with Gasteiger partial charge in [0.25, 0.3) is 0 Å². The maximum Gasteiger partial charge on any atom is 0.196 e. The first-order valence-corrected chi connectivity index (χ1v) is 41.5. The fourth-order valence-corrected chi connectivity index (χ4v) is 10.0. The van der Waals surface area contributed by atoms with Crippen LogP contribution in [0, 0.1) is 29.6 Å². The Balaban J connectivity index is 0. The first-order valence-electron chi connectivity index (χ1n) is 39.7. The minimum atomic E-state index is 0. The van der Waals surface area contributed by atoms with E-state index in [0.717, 1.165) is 67.5 Å². The summed E-state index contributed by atoms with van der Waals surface area (Å²) in [6, 6.07) is 8.23. The monoisotopic (exact) mass is 1610 g/mol. The zero-order valence-electron chi connectivity index (χ0n) is 73.1. The van der Waals surface area contributed by atoms with Crippen LogP contribution in [-0.2, 0) is 0 Å². The summed E-state index contributed by atoms with van der Waals surface area (Å²) in [5.41, 5.74) is 6.41. The summed E-state index contributed by atoms with van der Waals surface area (Å²) >= 11 is 3.44. The predicted molar refractivity (Wildman–Crippen MR) is 487 cm³/mol. The Hall–Kier alpha value is -9.15. The molecule has 0 saturated heterocycles. The number of H-pyrrole nitrogens is 1. The Bertz CT molecular complexity index is 3230. The molecule has 14 heterocycles. The Morgan fingerprint density at radius 2 is 0.912 bits per heavy atom. The third-order valence-corrected chi connectivity index (χ3v) is 17.6. The molecule has 20 nitrogen and oxygen atoms in total. The molecule has 632 valence electrons. The van der Waals surface area contributed by atoms with Gasteiger partial charge in [0.1, 0.15) is 48.8 Å². The van der Waals surface area contributed by atoms with Crippen molar-refractivity contribution in [2.24, 2.45) is 54.6 Å². The van der Waals surface area contributed by atoms with Crippen LogP contribution < -0.4 is 0 Å². The summed E-state index contributed by atoms with van der Waals surface area (Å²) in [6.07, 6.45) is 46.5. The highest BCUT2D eigenvalue weighted by molar-refractivity contribution is 7.09. The molecule has 0 aromatic carbocycles. The van der Waals surface area contributed by atoms with Gasteiger partial charge < -0.3 is 27.1 Å². The average molecular weight is 1610 g/mol. The lowest BCUT2D eigenvalue weighted by Gasteiger charge is -2.00. The van der Waals surface area contributed by atoms with Crippen molar-refractivity contribution in [3.8, 4) is 0 Å². The van der Waals surface area contributed by atoms with Gasteiger partial charge in [0.2, 0.25) is 0 Å². The van der Waals surface area contributed by atoms with Gasteiger partial charge in [-0.25, -0.2) is 34.9 Å². The van der Waals surface area contributed by atoms with Crippen LogP contribution in [-0.4, -0.2) is 98.9 Å². The first-order chi connectivity index (χ1) is 53.3. The van der Waals surface area contributed by atoms with Crippen molar-refractivity contribution < 1.29 is 22.1 Å². The number of oxazole rings is 3. The normalized spacial score (nSPS) is 12.7. The van der Waals surface area contributed by atoms with E-state index in [9.17, 15) is 0 Å². The summed E-state index contributed by atoms with van der Waals surface area (Å²) in [4.78, 5) is 51.9. The van der Waals surface area contributed by atoms with Crippen molar-refractivity contribution in [1.82, 2.24) is 49.7 Å². The van der Waals surface area contributed by atoms with E-state index >= 15 is 0 Å². The molecule has 0 amide bonds. The fourth-order valence-electron chi connectivity index (χ4n) is 8.72. The molecule has 1 N–H and O–H groups in total. The molecule has 22 heteroatoms. The zero-order valence-corrected chi connectivity index (χ0v) is 74.7. The van der Waals surface area contributed by atoms with Crippen molar-refractivity contribution in [3.63, 3.8) is 0 Å². The molecule has 14 rings (SSSR count). The number of aromatic nitrogens is 10. The Kier molecular flexibility index (Phi) is 60.2. The standard InChI is InChI=1S/5C7H11N.2C7H10O.C6H10N2.3C6H9NO.2C6H9NS.C5H9N3.2CH4/c1-6(2)7-3-4-8-5-7;6*1-6(2)7-4-3-5-8-7;6*1-5(2)6-7-3-4-8-6;1-5(2)8-4-6-3-7-8;;/h3,5-6H,4H2,1-2H3;4-6H,3H2,1-2H3;3,5-6H,4H2,1-2H3;2*3-4,6H,5H2,1-2H3;2*3-6H,1-2H3;3-5H,1-2H3,(H,7,8);6*3-5H,1-2H3;2*1H4. The summed E-state index contributed by atoms with van der Waals surface area (Å²) in [5.74, 6) is 12.7. The van der Waals surface area contributed by atoms with Crippen molar-refractivity contribution >= 4 is 52.2 Å². The van der Waals surface area contributed by atoms with Crippen LogP contribution in [0.1, 0.15) is 320 Å². The van der Waals surface area contributed by atoms with Crippen molar-refractivity contribution in [3.05, 3.63) is 227 Å². The van der Waals surface area contributed by atoms with Crippen LogP contribution in [0.4, 0.5) is 0 Å². The number of aliphatic imine (C=N–C) groups is 5. The van der Waals surface area contributed by atoms with Gasteiger partial charge in [-0.1, -0.05) is 225 Å². The SMILES string of the molecule is C.C.CC(C)C1=CCC=N1.CC(C)C1=CCN=C1.CC(C)C1=NC=CC1.CC(C)C1=NCC=C1.CC(C)C1=NCC=C1.CC(C)c1ccco1.CC(C)c1ccco1.CC(C)c1ncc[nH]1.CC(C)c1ncco1.CC(C)c1ncco1.CC(C)c1ncco1.CC(C)c1nccs1.CC(C)c1nccs1.CC(C)n1cncn1. The minimum absolute atomic E-state index is 0. The van der Waals surface area contributed by atoms with Gasteiger partial charge >= 0.3 is 0 Å². The number of hydrogen-bond donors (Lipinski definition) is 1. The highest BCUT2D eigenvalue weighted by Gasteiger charge is 2.09. The number of imidazole rings is 1. The molecule has 114 heavy (non-hydrogen) atoms. The maximum absolute atomic E-state index is 5.09. The second kappa shape index (κ2) is 64.2. The molecule has 5 aliphatic rings. The van der Waals surface area contributed by atoms with Crippen molar-refractivity contribution in [2.75, 3.05) is 19.6 Å². The second-order valence-electron chi connectivity index (χ2n) is 30.3. The number of hydrogen-bond acceptors (Lipinski definition) is 20. The van der Waals surface area contributed by atoms with E-state index in [1.807, 2.05) is 114 Å². The second-order valence-corrected chi connectivity index (χ2v) is 32.1. The highest BCUT2D eigenvalue weighted by atomic mass is 32.1. The fraction of sp³-hybridized carbons (Fsp3) is 0.533.